The molecule has 0 radical (unpaired) electrons. The van der Waals surface area contributed by atoms with Gasteiger partial charge in [0.25, 0.3) is 0 Å². The first-order chi connectivity index (χ1) is 8.74. The normalized spacial score (nSPS) is 32.0. The Labute approximate surface area is 108 Å². The fourth-order valence-corrected chi connectivity index (χ4v) is 3.36. The first-order valence-electron chi connectivity index (χ1n) is 7.00. The molecule has 0 saturated carbocycles. The fourth-order valence-electron chi connectivity index (χ4n) is 3.36. The molecule has 1 fully saturated rings. The van der Waals surface area contributed by atoms with Crippen LogP contribution in [0.4, 0.5) is 4.39 Å². The van der Waals surface area contributed by atoms with Gasteiger partial charge in [0.05, 0.1) is 7.05 Å². The highest BCUT2D eigenvalue weighted by atomic mass is 19.1. The largest absolute Gasteiger partial charge is 0.337 e. The molecule has 2 aliphatic heterocycles. The number of hydrogen-bond acceptors (Lipinski definition) is 0. The van der Waals surface area contributed by atoms with Crippen molar-refractivity contribution in [3.8, 4) is 0 Å². The van der Waals surface area contributed by atoms with Crippen molar-refractivity contribution in [1.82, 2.24) is 0 Å². The Balaban J connectivity index is 1.82. The van der Waals surface area contributed by atoms with Gasteiger partial charge in [0.2, 0.25) is 0 Å². The number of likely N-dealkylation sites (N-methyl/N-ethyl adjacent to an activating group) is 1. The molecule has 0 unspecified atom stereocenters. The first kappa shape index (κ1) is 12.1. The minimum atomic E-state index is -0.0966. The van der Waals surface area contributed by atoms with Crippen molar-refractivity contribution in [3.05, 3.63) is 35.1 Å². The summed E-state index contributed by atoms with van der Waals surface area (Å²) in [5.41, 5.74) is 2.58. The van der Waals surface area contributed by atoms with Crippen LogP contribution in [0.15, 0.2) is 18.2 Å². The van der Waals surface area contributed by atoms with E-state index in [4.69, 9.17) is 0 Å². The molecule has 18 heavy (non-hydrogen) atoms. The highest BCUT2D eigenvalue weighted by molar-refractivity contribution is 5.30. The van der Waals surface area contributed by atoms with Crippen molar-refractivity contribution in [2.45, 2.75) is 12.6 Å². The average molecular weight is 252 g/mol. The van der Waals surface area contributed by atoms with Gasteiger partial charge in [0.1, 0.15) is 45.1 Å². The number of rotatable bonds is 1. The van der Waals surface area contributed by atoms with Crippen LogP contribution >= 0.6 is 0 Å². The number of quaternary nitrogens is 3. The quantitative estimate of drug-likeness (QED) is 0.487. The molecule has 0 aliphatic carbocycles. The van der Waals surface area contributed by atoms with Gasteiger partial charge in [-0.25, -0.2) is 4.39 Å². The zero-order valence-corrected chi connectivity index (χ0v) is 11.0. The second-order valence-electron chi connectivity index (χ2n) is 5.74. The van der Waals surface area contributed by atoms with Gasteiger partial charge in [0.15, 0.2) is 6.04 Å². The van der Waals surface area contributed by atoms with Crippen LogP contribution in [0.3, 0.4) is 0 Å². The summed E-state index contributed by atoms with van der Waals surface area (Å²) >= 11 is 0. The Bertz CT molecular complexity index is 427. The number of hydrogen-bond donors (Lipinski definition) is 3. The number of halogens is 1. The molecule has 98 valence electrons. The molecule has 4 heteroatoms. The zero-order valence-electron chi connectivity index (χ0n) is 11.0. The number of nitrogens with two attached hydrogens (primary N) is 1. The summed E-state index contributed by atoms with van der Waals surface area (Å²) in [6.07, 6.45) is 0. The van der Waals surface area contributed by atoms with Gasteiger partial charge in [-0.15, -0.1) is 0 Å². The lowest BCUT2D eigenvalue weighted by Crippen LogP contribution is -3.28. The van der Waals surface area contributed by atoms with E-state index in [1.54, 1.807) is 21.9 Å². The van der Waals surface area contributed by atoms with Gasteiger partial charge in [-0.1, -0.05) is 0 Å². The zero-order chi connectivity index (χ0) is 12.5. The molecule has 0 bridgehead atoms. The minimum Gasteiger partial charge on any atom is -0.337 e. The molecule has 3 rings (SSSR count). The molecule has 1 aromatic carbocycles. The van der Waals surface area contributed by atoms with Gasteiger partial charge < -0.3 is 15.1 Å². The third-order valence-electron chi connectivity index (χ3n) is 4.49. The lowest BCUT2D eigenvalue weighted by molar-refractivity contribution is -1.03. The Morgan fingerprint density at radius 2 is 2.00 bits per heavy atom. The van der Waals surface area contributed by atoms with Crippen LogP contribution in [0.5, 0.6) is 0 Å². The third-order valence-corrected chi connectivity index (χ3v) is 4.49. The molecule has 2 heterocycles. The van der Waals surface area contributed by atoms with Crippen LogP contribution in [0.1, 0.15) is 17.2 Å². The second-order valence-corrected chi connectivity index (χ2v) is 5.74. The summed E-state index contributed by atoms with van der Waals surface area (Å²) < 4.78 is 13.3. The first-order valence-corrected chi connectivity index (χ1v) is 7.00. The van der Waals surface area contributed by atoms with E-state index < -0.39 is 0 Å². The van der Waals surface area contributed by atoms with Gasteiger partial charge >= 0.3 is 0 Å². The van der Waals surface area contributed by atoms with Crippen LogP contribution in [-0.2, 0) is 6.54 Å². The van der Waals surface area contributed by atoms with Gasteiger partial charge in [-0.2, -0.15) is 0 Å². The van der Waals surface area contributed by atoms with Crippen molar-refractivity contribution < 1.29 is 19.5 Å². The number of nitrogens with one attached hydrogen (secondary N) is 2. The Morgan fingerprint density at radius 1 is 1.22 bits per heavy atom. The summed E-state index contributed by atoms with van der Waals surface area (Å²) in [5, 5.41) is 2.32. The van der Waals surface area contributed by atoms with Crippen LogP contribution in [0.2, 0.25) is 0 Å². The summed E-state index contributed by atoms with van der Waals surface area (Å²) in [5.74, 6) is -0.0966. The van der Waals surface area contributed by atoms with Crippen LogP contribution in [-0.4, -0.2) is 39.8 Å². The molecular weight excluding hydrogens is 229 g/mol. The molecule has 0 amide bonds. The maximum Gasteiger partial charge on any atom is 0.163 e. The average Bonchev–Trinajstić information content (AvgIpc) is 2.38. The molecule has 4 N–H and O–H groups in total. The highest BCUT2D eigenvalue weighted by Gasteiger charge is 2.34. The standard InChI is InChI=1S/C14H20FN3/c1-17-4-6-18(7-5-17)14-10-16-9-11-8-12(15)2-3-13(11)14/h2-3,8,14,16H,4-7,9-10H2,1H3/p+3/t14-/m1/s1. The monoisotopic (exact) mass is 252 g/mol. The van der Waals surface area contributed by atoms with E-state index in [1.807, 2.05) is 6.07 Å². The summed E-state index contributed by atoms with van der Waals surface area (Å²) in [4.78, 5) is 3.32. The Kier molecular flexibility index (Phi) is 3.33. The molecule has 1 atom stereocenters. The van der Waals surface area contributed by atoms with E-state index in [0.717, 1.165) is 13.1 Å². The summed E-state index contributed by atoms with van der Waals surface area (Å²) in [6.45, 7) is 7.06. The van der Waals surface area contributed by atoms with Gasteiger partial charge in [-0.3, -0.25) is 0 Å². The predicted molar refractivity (Wildman–Crippen MR) is 67.0 cm³/mol. The molecule has 2 aliphatic rings. The van der Waals surface area contributed by atoms with Crippen LogP contribution in [0.25, 0.3) is 0 Å². The maximum atomic E-state index is 13.3. The minimum absolute atomic E-state index is 0.0966. The smallest absolute Gasteiger partial charge is 0.163 e. The van der Waals surface area contributed by atoms with E-state index in [2.05, 4.69) is 12.4 Å². The second kappa shape index (κ2) is 4.96. The van der Waals surface area contributed by atoms with Crippen molar-refractivity contribution in [1.29, 1.82) is 0 Å². The molecule has 1 saturated heterocycles. The summed E-state index contributed by atoms with van der Waals surface area (Å²) in [7, 11) is 2.27. The van der Waals surface area contributed by atoms with Crippen molar-refractivity contribution >= 4 is 0 Å². The topological polar surface area (TPSA) is 25.5 Å². The van der Waals surface area contributed by atoms with E-state index >= 15 is 0 Å². The van der Waals surface area contributed by atoms with Gasteiger partial charge in [0, 0.05) is 11.1 Å². The molecular formula is C14H23FN3+3. The Hall–Kier alpha value is -0.970. The third kappa shape index (κ3) is 2.28. The Morgan fingerprint density at radius 3 is 2.78 bits per heavy atom. The SMILES string of the molecule is C[NH+]1CC[NH+]([C@@H]2C[NH2+]Cc3cc(F)ccc32)CC1. The van der Waals surface area contributed by atoms with Crippen molar-refractivity contribution in [2.24, 2.45) is 0 Å². The van der Waals surface area contributed by atoms with Gasteiger partial charge in [-0.05, 0) is 18.2 Å². The number of piperazine rings is 1. The molecule has 1 aromatic rings. The predicted octanol–water partition coefficient (Wildman–Crippen LogP) is -2.64. The van der Waals surface area contributed by atoms with Crippen molar-refractivity contribution in [2.75, 3.05) is 39.8 Å². The van der Waals surface area contributed by atoms with E-state index in [9.17, 15) is 4.39 Å². The van der Waals surface area contributed by atoms with E-state index in [0.29, 0.717) is 6.04 Å². The summed E-state index contributed by atoms with van der Waals surface area (Å²) in [6, 6.07) is 5.92. The fraction of sp³-hybridized carbons (Fsp3) is 0.571. The van der Waals surface area contributed by atoms with Crippen molar-refractivity contribution in [3.63, 3.8) is 0 Å². The lowest BCUT2D eigenvalue weighted by Gasteiger charge is -2.35. The molecule has 3 nitrogen and oxygen atoms in total. The van der Waals surface area contributed by atoms with E-state index in [1.165, 1.54) is 37.3 Å². The lowest BCUT2D eigenvalue weighted by atomic mass is 9.95. The molecule has 0 aromatic heterocycles. The van der Waals surface area contributed by atoms with E-state index in [-0.39, 0.29) is 5.82 Å². The highest BCUT2D eigenvalue weighted by Crippen LogP contribution is 2.18. The molecule has 0 spiro atoms. The van der Waals surface area contributed by atoms with Crippen LogP contribution in [0, 0.1) is 5.82 Å². The maximum absolute atomic E-state index is 13.3. The van der Waals surface area contributed by atoms with Crippen LogP contribution < -0.4 is 15.1 Å². The number of fused-ring (bicyclic) bond motifs is 1. The number of benzene rings is 1.